The third kappa shape index (κ3) is 2.27. The van der Waals surface area contributed by atoms with Crippen molar-refractivity contribution in [2.45, 2.75) is 11.7 Å². The number of amides is 1. The first kappa shape index (κ1) is 10.4. The molecule has 1 aromatic rings. The smallest absolute Gasteiger partial charge is 0.262 e. The summed E-state index contributed by atoms with van der Waals surface area (Å²) in [6.07, 6.45) is 0.175. The van der Waals surface area contributed by atoms with Crippen LogP contribution in [0, 0.1) is 0 Å². The zero-order valence-corrected chi connectivity index (χ0v) is 9.31. The summed E-state index contributed by atoms with van der Waals surface area (Å²) >= 11 is 2.54. The molecular formula is C9H8N2O2S2. The van der Waals surface area contributed by atoms with Crippen LogP contribution in [0.25, 0.3) is 0 Å². The van der Waals surface area contributed by atoms with Gasteiger partial charge in [-0.15, -0.1) is 11.3 Å². The standard InChI is InChI=1S/C9H8N2O2S2/c10-9-11-8(13)7(15-9)4-5(12)6-2-1-3-14-6/h1-3,7H,4H2,(H2,10,11,13). The fourth-order valence-electron chi connectivity index (χ4n) is 1.24. The van der Waals surface area contributed by atoms with Crippen LogP contribution < -0.4 is 5.73 Å². The summed E-state index contributed by atoms with van der Waals surface area (Å²) in [4.78, 5) is 27.2. The van der Waals surface area contributed by atoms with Crippen molar-refractivity contribution in [3.05, 3.63) is 22.4 Å². The maximum Gasteiger partial charge on any atom is 0.262 e. The molecule has 2 heterocycles. The molecule has 0 radical (unpaired) electrons. The predicted molar refractivity (Wildman–Crippen MR) is 61.3 cm³/mol. The van der Waals surface area contributed by atoms with Crippen molar-refractivity contribution >= 4 is 40.0 Å². The maximum atomic E-state index is 11.7. The first-order valence-electron chi connectivity index (χ1n) is 4.28. The van der Waals surface area contributed by atoms with E-state index < -0.39 is 5.25 Å². The molecular weight excluding hydrogens is 232 g/mol. The third-order valence-electron chi connectivity index (χ3n) is 1.93. The van der Waals surface area contributed by atoms with E-state index in [1.807, 2.05) is 11.4 Å². The molecule has 0 saturated carbocycles. The fraction of sp³-hybridized carbons (Fsp3) is 0.222. The van der Waals surface area contributed by atoms with Crippen molar-refractivity contribution in [1.29, 1.82) is 0 Å². The average molecular weight is 240 g/mol. The Balaban J connectivity index is 2.00. The number of thioether (sulfide) groups is 1. The van der Waals surface area contributed by atoms with Crippen LogP contribution in [0.4, 0.5) is 0 Å². The molecule has 0 saturated heterocycles. The van der Waals surface area contributed by atoms with Gasteiger partial charge in [0.15, 0.2) is 11.0 Å². The number of ketones is 1. The monoisotopic (exact) mass is 240 g/mol. The molecule has 78 valence electrons. The highest BCUT2D eigenvalue weighted by atomic mass is 32.2. The zero-order valence-electron chi connectivity index (χ0n) is 7.67. The number of hydrogen-bond acceptors (Lipinski definition) is 5. The number of aliphatic imine (C=N–C) groups is 1. The summed E-state index contributed by atoms with van der Waals surface area (Å²) in [7, 11) is 0. The summed E-state index contributed by atoms with van der Waals surface area (Å²) in [5.41, 5.74) is 5.39. The Morgan fingerprint density at radius 1 is 1.60 bits per heavy atom. The van der Waals surface area contributed by atoms with Crippen LogP contribution in [0.5, 0.6) is 0 Å². The van der Waals surface area contributed by atoms with E-state index in [2.05, 4.69) is 4.99 Å². The number of carbonyl (C=O) groups excluding carboxylic acids is 2. The van der Waals surface area contributed by atoms with Crippen molar-refractivity contribution in [3.8, 4) is 0 Å². The predicted octanol–water partition coefficient (Wildman–Crippen LogP) is 1.28. The van der Waals surface area contributed by atoms with Gasteiger partial charge < -0.3 is 5.73 Å². The van der Waals surface area contributed by atoms with Crippen molar-refractivity contribution in [2.75, 3.05) is 0 Å². The van der Waals surface area contributed by atoms with Crippen molar-refractivity contribution < 1.29 is 9.59 Å². The highest BCUT2D eigenvalue weighted by Crippen LogP contribution is 2.25. The van der Waals surface area contributed by atoms with E-state index in [0.29, 0.717) is 4.88 Å². The van der Waals surface area contributed by atoms with E-state index in [-0.39, 0.29) is 23.3 Å². The number of hydrogen-bond donors (Lipinski definition) is 1. The van der Waals surface area contributed by atoms with Gasteiger partial charge in [-0.25, -0.2) is 0 Å². The Bertz CT molecular complexity index is 425. The Kier molecular flexibility index (Phi) is 2.88. The van der Waals surface area contributed by atoms with Crippen molar-refractivity contribution in [3.63, 3.8) is 0 Å². The molecule has 0 spiro atoms. The van der Waals surface area contributed by atoms with Crippen LogP contribution in [-0.2, 0) is 4.79 Å². The number of thiophene rings is 1. The number of Topliss-reactive ketones (excluding diaryl/α,β-unsaturated/α-hetero) is 1. The van der Waals surface area contributed by atoms with E-state index in [0.717, 1.165) is 11.8 Å². The molecule has 0 bridgehead atoms. The van der Waals surface area contributed by atoms with E-state index in [9.17, 15) is 9.59 Å². The highest BCUT2D eigenvalue weighted by molar-refractivity contribution is 8.15. The molecule has 0 fully saturated rings. The second-order valence-electron chi connectivity index (χ2n) is 3.00. The van der Waals surface area contributed by atoms with Gasteiger partial charge >= 0.3 is 0 Å². The first-order valence-corrected chi connectivity index (χ1v) is 6.04. The largest absolute Gasteiger partial charge is 0.378 e. The van der Waals surface area contributed by atoms with Crippen LogP contribution in [0.1, 0.15) is 16.1 Å². The lowest BCUT2D eigenvalue weighted by atomic mass is 10.2. The highest BCUT2D eigenvalue weighted by Gasteiger charge is 2.29. The van der Waals surface area contributed by atoms with E-state index in [1.165, 1.54) is 11.3 Å². The minimum absolute atomic E-state index is 0.0271. The molecule has 1 aromatic heterocycles. The molecule has 2 rings (SSSR count). The molecule has 0 aromatic carbocycles. The maximum absolute atomic E-state index is 11.7. The summed E-state index contributed by atoms with van der Waals surface area (Å²) in [6.45, 7) is 0. The molecule has 6 heteroatoms. The molecule has 1 aliphatic heterocycles. The summed E-state index contributed by atoms with van der Waals surface area (Å²) in [6, 6.07) is 3.56. The van der Waals surface area contributed by atoms with E-state index in [1.54, 1.807) is 6.07 Å². The molecule has 15 heavy (non-hydrogen) atoms. The van der Waals surface area contributed by atoms with Gasteiger partial charge in [0.05, 0.1) is 4.88 Å². The minimum atomic E-state index is -0.431. The molecule has 1 unspecified atom stereocenters. The van der Waals surface area contributed by atoms with Gasteiger partial charge in [0.1, 0.15) is 5.25 Å². The Hall–Kier alpha value is -1.14. The normalized spacial score (nSPS) is 20.4. The van der Waals surface area contributed by atoms with Crippen molar-refractivity contribution in [1.82, 2.24) is 0 Å². The Labute approximate surface area is 94.6 Å². The van der Waals surface area contributed by atoms with Gasteiger partial charge in [0.2, 0.25) is 0 Å². The second-order valence-corrected chi connectivity index (χ2v) is 5.17. The van der Waals surface area contributed by atoms with Crippen LogP contribution in [-0.4, -0.2) is 22.1 Å². The zero-order chi connectivity index (χ0) is 10.8. The summed E-state index contributed by atoms with van der Waals surface area (Å²) in [5.74, 6) is -0.330. The molecule has 4 nitrogen and oxygen atoms in total. The minimum Gasteiger partial charge on any atom is -0.378 e. The van der Waals surface area contributed by atoms with E-state index in [4.69, 9.17) is 5.73 Å². The van der Waals surface area contributed by atoms with Gasteiger partial charge in [0, 0.05) is 6.42 Å². The van der Waals surface area contributed by atoms with Crippen LogP contribution in [0.15, 0.2) is 22.5 Å². The molecule has 1 amide bonds. The quantitative estimate of drug-likeness (QED) is 0.808. The molecule has 0 aliphatic carbocycles. The van der Waals surface area contributed by atoms with E-state index >= 15 is 0 Å². The number of nitrogens with zero attached hydrogens (tertiary/aromatic N) is 1. The topological polar surface area (TPSA) is 72.5 Å². The number of nitrogens with two attached hydrogens (primary N) is 1. The first-order chi connectivity index (χ1) is 7.16. The van der Waals surface area contributed by atoms with Crippen molar-refractivity contribution in [2.24, 2.45) is 10.7 Å². The van der Waals surface area contributed by atoms with Gasteiger partial charge in [-0.3, -0.25) is 9.59 Å². The lowest BCUT2D eigenvalue weighted by molar-refractivity contribution is -0.117. The Morgan fingerprint density at radius 2 is 2.40 bits per heavy atom. The lowest BCUT2D eigenvalue weighted by Crippen LogP contribution is -2.15. The number of rotatable bonds is 3. The molecule has 1 aliphatic rings. The lowest BCUT2D eigenvalue weighted by Gasteiger charge is -2.03. The van der Waals surface area contributed by atoms with Gasteiger partial charge in [-0.05, 0) is 11.4 Å². The molecule has 2 N–H and O–H groups in total. The summed E-state index contributed by atoms with van der Waals surface area (Å²) in [5, 5.41) is 1.66. The Morgan fingerprint density at radius 3 is 2.93 bits per heavy atom. The average Bonchev–Trinajstić information content (AvgIpc) is 2.76. The third-order valence-corrected chi connectivity index (χ3v) is 3.82. The number of carbonyl (C=O) groups is 2. The fourth-order valence-corrected chi connectivity index (χ4v) is 2.74. The molecule has 1 atom stereocenters. The van der Waals surface area contributed by atoms with Crippen LogP contribution in [0.2, 0.25) is 0 Å². The van der Waals surface area contributed by atoms with Crippen LogP contribution >= 0.6 is 23.1 Å². The van der Waals surface area contributed by atoms with Gasteiger partial charge in [0.25, 0.3) is 5.91 Å². The SMILES string of the molecule is NC1=NC(=O)C(CC(=O)c2cccs2)S1. The van der Waals surface area contributed by atoms with Crippen LogP contribution in [0.3, 0.4) is 0 Å². The van der Waals surface area contributed by atoms with Gasteiger partial charge in [-0.1, -0.05) is 17.8 Å². The van der Waals surface area contributed by atoms with Gasteiger partial charge in [-0.2, -0.15) is 4.99 Å². The number of amidine groups is 1. The second kappa shape index (κ2) is 4.16. The summed E-state index contributed by atoms with van der Waals surface area (Å²) < 4.78 is 0.